The molecule has 0 unspecified atom stereocenters. The van der Waals surface area contributed by atoms with Gasteiger partial charge in [0.1, 0.15) is 36.1 Å². The summed E-state index contributed by atoms with van der Waals surface area (Å²) in [6.07, 6.45) is 5.89. The zero-order valence-corrected chi connectivity index (χ0v) is 18.8. The number of methoxy groups -OCH3 is 1. The molecule has 0 aliphatic heterocycles. The highest BCUT2D eigenvalue weighted by molar-refractivity contribution is 7.90. The van der Waals surface area contributed by atoms with E-state index in [1.807, 2.05) is 12.1 Å². The molecule has 0 fully saturated rings. The Hall–Kier alpha value is -3.73. The normalized spacial score (nSPS) is 11.5. The highest BCUT2D eigenvalue weighted by Crippen LogP contribution is 2.29. The molecule has 0 aliphatic carbocycles. The Balaban J connectivity index is 1.58. The number of hydrogen-bond donors (Lipinski definition) is 1. The van der Waals surface area contributed by atoms with Crippen molar-refractivity contribution in [1.82, 2.24) is 19.6 Å². The van der Waals surface area contributed by atoms with E-state index < -0.39 is 9.84 Å². The van der Waals surface area contributed by atoms with Crippen molar-refractivity contribution in [2.45, 2.75) is 6.54 Å². The Kier molecular flexibility index (Phi) is 6.40. The minimum absolute atomic E-state index is 0.0344. The van der Waals surface area contributed by atoms with Crippen LogP contribution in [0.1, 0.15) is 5.56 Å². The quantitative estimate of drug-likeness (QED) is 0.397. The van der Waals surface area contributed by atoms with Crippen LogP contribution >= 0.6 is 0 Å². The lowest BCUT2D eigenvalue weighted by Gasteiger charge is -2.14. The van der Waals surface area contributed by atoms with E-state index in [2.05, 4.69) is 20.5 Å². The lowest BCUT2D eigenvalue weighted by molar-refractivity contribution is 0.340. The minimum atomic E-state index is -3.12. The molecular weight excluding hydrogens is 449 g/mol. The molecule has 33 heavy (non-hydrogen) atoms. The van der Waals surface area contributed by atoms with E-state index in [4.69, 9.17) is 9.47 Å². The average molecular weight is 472 g/mol. The summed E-state index contributed by atoms with van der Waals surface area (Å²) in [6, 6.07) is 10.1. The van der Waals surface area contributed by atoms with Crippen molar-refractivity contribution < 1.29 is 22.3 Å². The van der Waals surface area contributed by atoms with Gasteiger partial charge in [0, 0.05) is 35.7 Å². The Morgan fingerprint density at radius 3 is 2.82 bits per heavy atom. The molecule has 0 spiro atoms. The molecular formula is C22H22FN5O4S. The molecule has 1 aromatic carbocycles. The standard InChI is InChI=1S/C22H22FN5O4S/c1-31-20-5-3-4-19(23)18(20)13-25-21-7-6-17(22-27-26-14-28(21)22)15-10-16(12-24-11-15)32-8-9-33(2,29)30/h3-7,10-12,14,25H,8-9,13H2,1-2H3. The van der Waals surface area contributed by atoms with Crippen molar-refractivity contribution in [1.29, 1.82) is 0 Å². The Morgan fingerprint density at radius 1 is 1.18 bits per heavy atom. The Morgan fingerprint density at radius 2 is 2.03 bits per heavy atom. The first-order valence-electron chi connectivity index (χ1n) is 9.99. The van der Waals surface area contributed by atoms with Crippen molar-refractivity contribution >= 4 is 21.3 Å². The lowest BCUT2D eigenvalue weighted by Crippen LogP contribution is -2.12. The largest absolute Gasteiger partial charge is 0.496 e. The van der Waals surface area contributed by atoms with E-state index in [-0.39, 0.29) is 24.7 Å². The monoisotopic (exact) mass is 471 g/mol. The molecule has 4 aromatic rings. The molecule has 4 rings (SSSR count). The van der Waals surface area contributed by atoms with Crippen LogP contribution in [0.5, 0.6) is 11.5 Å². The van der Waals surface area contributed by atoms with Crippen LogP contribution in [0.4, 0.5) is 10.2 Å². The van der Waals surface area contributed by atoms with Crippen molar-refractivity contribution in [3.8, 4) is 22.6 Å². The molecule has 0 radical (unpaired) electrons. The lowest BCUT2D eigenvalue weighted by atomic mass is 10.1. The van der Waals surface area contributed by atoms with Crippen molar-refractivity contribution in [2.75, 3.05) is 31.0 Å². The first kappa shape index (κ1) is 22.5. The van der Waals surface area contributed by atoms with Gasteiger partial charge in [-0.2, -0.15) is 0 Å². The van der Waals surface area contributed by atoms with Crippen molar-refractivity contribution in [3.63, 3.8) is 0 Å². The molecule has 0 bridgehead atoms. The third-order valence-electron chi connectivity index (χ3n) is 4.95. The molecule has 0 saturated carbocycles. The number of nitrogens with one attached hydrogen (secondary N) is 1. The number of hydrogen-bond acceptors (Lipinski definition) is 8. The fourth-order valence-electron chi connectivity index (χ4n) is 3.32. The smallest absolute Gasteiger partial charge is 0.170 e. The van der Waals surface area contributed by atoms with E-state index in [1.54, 1.807) is 35.1 Å². The van der Waals surface area contributed by atoms with Crippen LogP contribution in [0.15, 0.2) is 55.1 Å². The van der Waals surface area contributed by atoms with Crippen molar-refractivity contribution in [2.24, 2.45) is 0 Å². The van der Waals surface area contributed by atoms with Crippen LogP contribution in [-0.4, -0.2) is 53.7 Å². The number of benzene rings is 1. The molecule has 0 atom stereocenters. The minimum Gasteiger partial charge on any atom is -0.496 e. The Bertz CT molecular complexity index is 1390. The van der Waals surface area contributed by atoms with Crippen LogP contribution in [0.2, 0.25) is 0 Å². The van der Waals surface area contributed by atoms with Gasteiger partial charge in [-0.1, -0.05) is 6.07 Å². The maximum Gasteiger partial charge on any atom is 0.170 e. The van der Waals surface area contributed by atoms with E-state index in [9.17, 15) is 12.8 Å². The number of aromatic nitrogens is 4. The highest BCUT2D eigenvalue weighted by atomic mass is 32.2. The molecule has 0 aliphatic rings. The van der Waals surface area contributed by atoms with E-state index in [0.717, 1.165) is 17.4 Å². The third-order valence-corrected chi connectivity index (χ3v) is 5.85. The summed E-state index contributed by atoms with van der Waals surface area (Å²) in [5.41, 5.74) is 2.46. The van der Waals surface area contributed by atoms with Gasteiger partial charge >= 0.3 is 0 Å². The van der Waals surface area contributed by atoms with Gasteiger partial charge < -0.3 is 14.8 Å². The molecule has 3 heterocycles. The summed E-state index contributed by atoms with van der Waals surface area (Å²) in [5, 5.41) is 11.4. The molecule has 172 valence electrons. The van der Waals surface area contributed by atoms with Crippen LogP contribution in [0.3, 0.4) is 0 Å². The number of nitrogens with zero attached hydrogens (tertiary/aromatic N) is 4. The predicted octanol–water partition coefficient (Wildman–Crippen LogP) is 2.97. The fraction of sp³-hybridized carbons (Fsp3) is 0.227. The van der Waals surface area contributed by atoms with Crippen LogP contribution in [0, 0.1) is 5.82 Å². The maximum atomic E-state index is 14.3. The number of ether oxygens (including phenoxy) is 2. The van der Waals surface area contributed by atoms with Gasteiger partial charge in [0.15, 0.2) is 15.5 Å². The van der Waals surface area contributed by atoms with E-state index in [0.29, 0.717) is 28.5 Å². The average Bonchev–Trinajstić information content (AvgIpc) is 3.27. The number of fused-ring (bicyclic) bond motifs is 1. The van der Waals surface area contributed by atoms with E-state index in [1.165, 1.54) is 19.4 Å². The van der Waals surface area contributed by atoms with Crippen LogP contribution in [0.25, 0.3) is 16.8 Å². The van der Waals surface area contributed by atoms with Crippen molar-refractivity contribution in [3.05, 3.63) is 66.5 Å². The fourth-order valence-corrected chi connectivity index (χ4v) is 3.70. The highest BCUT2D eigenvalue weighted by Gasteiger charge is 2.13. The van der Waals surface area contributed by atoms with Gasteiger partial charge in [-0.05, 0) is 30.3 Å². The zero-order chi connectivity index (χ0) is 23.4. The molecule has 3 aromatic heterocycles. The first-order valence-corrected chi connectivity index (χ1v) is 12.1. The van der Waals surface area contributed by atoms with Crippen LogP contribution < -0.4 is 14.8 Å². The number of rotatable bonds is 9. The molecule has 1 N–H and O–H groups in total. The Labute approximate surface area is 190 Å². The van der Waals surface area contributed by atoms with Gasteiger partial charge in [-0.3, -0.25) is 9.38 Å². The van der Waals surface area contributed by atoms with Gasteiger partial charge in [-0.25, -0.2) is 12.8 Å². The molecule has 0 saturated heterocycles. The second-order valence-corrected chi connectivity index (χ2v) is 9.58. The molecule has 9 nitrogen and oxygen atoms in total. The number of pyridine rings is 2. The summed E-state index contributed by atoms with van der Waals surface area (Å²) in [6.45, 7) is 0.236. The van der Waals surface area contributed by atoms with Gasteiger partial charge in [0.25, 0.3) is 0 Å². The van der Waals surface area contributed by atoms with Gasteiger partial charge in [-0.15, -0.1) is 10.2 Å². The number of sulfone groups is 1. The molecule has 0 amide bonds. The summed E-state index contributed by atoms with van der Waals surface area (Å²) in [5.74, 6) is 1.12. The summed E-state index contributed by atoms with van der Waals surface area (Å²) in [4.78, 5) is 4.19. The molecule has 11 heteroatoms. The maximum absolute atomic E-state index is 14.3. The van der Waals surface area contributed by atoms with Gasteiger partial charge in [0.2, 0.25) is 0 Å². The number of halogens is 1. The SMILES string of the molecule is COc1cccc(F)c1CNc1ccc(-c2cncc(OCCS(C)(=O)=O)c2)c2nncn12. The van der Waals surface area contributed by atoms with E-state index >= 15 is 0 Å². The number of anilines is 1. The van der Waals surface area contributed by atoms with Gasteiger partial charge in [0.05, 0.1) is 19.1 Å². The topological polar surface area (TPSA) is 108 Å². The second kappa shape index (κ2) is 9.41. The third kappa shape index (κ3) is 5.20. The summed E-state index contributed by atoms with van der Waals surface area (Å²) < 4.78 is 49.4. The first-order chi connectivity index (χ1) is 15.9. The zero-order valence-electron chi connectivity index (χ0n) is 18.0. The van der Waals surface area contributed by atoms with Crippen LogP contribution in [-0.2, 0) is 16.4 Å². The summed E-state index contributed by atoms with van der Waals surface area (Å²) in [7, 11) is -1.62. The summed E-state index contributed by atoms with van der Waals surface area (Å²) >= 11 is 0. The predicted molar refractivity (Wildman–Crippen MR) is 122 cm³/mol. The second-order valence-electron chi connectivity index (χ2n) is 7.32.